The molecule has 1 aromatic rings. The van der Waals surface area contributed by atoms with E-state index in [0.717, 1.165) is 0 Å². The number of nitrogens with one attached hydrogen (secondary N) is 1. The van der Waals surface area contributed by atoms with Gasteiger partial charge in [0.2, 0.25) is 6.10 Å². The molecule has 0 spiro atoms. The topological polar surface area (TPSA) is 77.1 Å². The lowest BCUT2D eigenvalue weighted by molar-refractivity contribution is -0.131. The fraction of sp³-hybridized carbons (Fsp3) is 0.579. The van der Waals surface area contributed by atoms with Gasteiger partial charge in [0.05, 0.1) is 0 Å². The van der Waals surface area contributed by atoms with Crippen molar-refractivity contribution < 1.29 is 23.8 Å². The number of ether oxygens (including phenoxy) is 3. The summed E-state index contributed by atoms with van der Waals surface area (Å²) in [5.74, 6) is 1.05. The van der Waals surface area contributed by atoms with Crippen LogP contribution in [0.25, 0.3) is 0 Å². The van der Waals surface area contributed by atoms with Crippen LogP contribution < -0.4 is 14.8 Å². The number of amides is 2. The van der Waals surface area contributed by atoms with Gasteiger partial charge in [0.15, 0.2) is 11.5 Å². The normalized spacial score (nSPS) is 20.4. The molecule has 2 heterocycles. The number of benzene rings is 1. The Kier molecular flexibility index (Phi) is 5.25. The Bertz CT molecular complexity index is 662. The van der Waals surface area contributed by atoms with E-state index in [-0.39, 0.29) is 24.6 Å². The molecule has 1 aromatic carbocycles. The van der Waals surface area contributed by atoms with E-state index in [9.17, 15) is 9.59 Å². The third kappa shape index (κ3) is 4.59. The molecule has 1 fully saturated rings. The van der Waals surface area contributed by atoms with E-state index >= 15 is 0 Å². The van der Waals surface area contributed by atoms with Gasteiger partial charge in [-0.05, 0) is 45.7 Å². The predicted octanol–water partition coefficient (Wildman–Crippen LogP) is 2.34. The average molecular weight is 362 g/mol. The number of fused-ring (bicyclic) bond motifs is 1. The molecule has 0 aromatic heterocycles. The molecular weight excluding hydrogens is 336 g/mol. The molecule has 1 saturated heterocycles. The molecule has 2 aliphatic rings. The van der Waals surface area contributed by atoms with Crippen molar-refractivity contribution >= 4 is 12.0 Å². The standard InChI is InChI=1S/C19H26N2O5/c1-19(2,3)26-18(23)21-10-8-13(9-11-21)20-17(22)16-12-24-14-6-4-5-7-15(14)25-16/h4-7,13,16H,8-12H2,1-3H3,(H,20,22). The van der Waals surface area contributed by atoms with Gasteiger partial charge in [-0.1, -0.05) is 12.1 Å². The Morgan fingerprint density at radius 1 is 1.15 bits per heavy atom. The predicted molar refractivity (Wildman–Crippen MR) is 95.3 cm³/mol. The molecule has 7 heteroatoms. The van der Waals surface area contributed by atoms with Crippen molar-refractivity contribution in [3.8, 4) is 11.5 Å². The van der Waals surface area contributed by atoms with E-state index in [0.29, 0.717) is 37.4 Å². The van der Waals surface area contributed by atoms with Crippen LogP contribution in [0.4, 0.5) is 4.79 Å². The van der Waals surface area contributed by atoms with Crippen LogP contribution >= 0.6 is 0 Å². The van der Waals surface area contributed by atoms with Crippen LogP contribution in [-0.2, 0) is 9.53 Å². The molecule has 1 unspecified atom stereocenters. The molecule has 0 aliphatic carbocycles. The van der Waals surface area contributed by atoms with E-state index in [4.69, 9.17) is 14.2 Å². The van der Waals surface area contributed by atoms with Gasteiger partial charge in [-0.2, -0.15) is 0 Å². The number of likely N-dealkylation sites (tertiary alicyclic amines) is 1. The Morgan fingerprint density at radius 3 is 2.46 bits per heavy atom. The Labute approximate surface area is 153 Å². The quantitative estimate of drug-likeness (QED) is 0.874. The highest BCUT2D eigenvalue weighted by atomic mass is 16.6. The van der Waals surface area contributed by atoms with Crippen LogP contribution in [0, 0.1) is 0 Å². The molecule has 0 saturated carbocycles. The lowest BCUT2D eigenvalue weighted by Gasteiger charge is -2.34. The lowest BCUT2D eigenvalue weighted by Crippen LogP contribution is -2.52. The Balaban J connectivity index is 1.46. The van der Waals surface area contributed by atoms with Gasteiger partial charge in [0.1, 0.15) is 12.2 Å². The average Bonchev–Trinajstić information content (AvgIpc) is 2.60. The lowest BCUT2D eigenvalue weighted by atomic mass is 10.0. The molecule has 0 radical (unpaired) electrons. The van der Waals surface area contributed by atoms with Crippen molar-refractivity contribution in [2.24, 2.45) is 0 Å². The molecule has 2 aliphatic heterocycles. The zero-order valence-electron chi connectivity index (χ0n) is 15.5. The van der Waals surface area contributed by atoms with Crippen LogP contribution in [-0.4, -0.2) is 54.3 Å². The summed E-state index contributed by atoms with van der Waals surface area (Å²) in [7, 11) is 0. The van der Waals surface area contributed by atoms with Crippen LogP contribution in [0.1, 0.15) is 33.6 Å². The third-order valence-corrected chi connectivity index (χ3v) is 4.29. The number of nitrogens with zero attached hydrogens (tertiary/aromatic N) is 1. The molecule has 7 nitrogen and oxygen atoms in total. The van der Waals surface area contributed by atoms with Crippen molar-refractivity contribution in [2.75, 3.05) is 19.7 Å². The van der Waals surface area contributed by atoms with E-state index in [1.807, 2.05) is 39.0 Å². The van der Waals surface area contributed by atoms with Gasteiger partial charge in [0.25, 0.3) is 5.91 Å². The maximum Gasteiger partial charge on any atom is 0.410 e. The highest BCUT2D eigenvalue weighted by molar-refractivity contribution is 5.82. The molecule has 3 rings (SSSR count). The Hall–Kier alpha value is -2.44. The van der Waals surface area contributed by atoms with E-state index < -0.39 is 11.7 Å². The van der Waals surface area contributed by atoms with Gasteiger partial charge in [-0.3, -0.25) is 4.79 Å². The zero-order valence-corrected chi connectivity index (χ0v) is 15.5. The summed E-state index contributed by atoms with van der Waals surface area (Å²) in [4.78, 5) is 26.2. The summed E-state index contributed by atoms with van der Waals surface area (Å²) in [6.45, 7) is 6.86. The SMILES string of the molecule is CC(C)(C)OC(=O)N1CCC(NC(=O)C2COc3ccccc3O2)CC1. The minimum Gasteiger partial charge on any atom is -0.485 e. The number of para-hydroxylation sites is 2. The van der Waals surface area contributed by atoms with Crippen molar-refractivity contribution in [1.82, 2.24) is 10.2 Å². The monoisotopic (exact) mass is 362 g/mol. The van der Waals surface area contributed by atoms with Crippen molar-refractivity contribution in [3.05, 3.63) is 24.3 Å². The first-order valence-electron chi connectivity index (χ1n) is 8.98. The van der Waals surface area contributed by atoms with Gasteiger partial charge >= 0.3 is 6.09 Å². The van der Waals surface area contributed by atoms with E-state index in [2.05, 4.69) is 5.32 Å². The summed E-state index contributed by atoms with van der Waals surface area (Å²) in [5.41, 5.74) is -0.503. The maximum absolute atomic E-state index is 12.5. The second kappa shape index (κ2) is 7.43. The number of piperidine rings is 1. The number of hydrogen-bond acceptors (Lipinski definition) is 5. The molecule has 0 bridgehead atoms. The molecule has 1 atom stereocenters. The second-order valence-corrected chi connectivity index (χ2v) is 7.61. The maximum atomic E-state index is 12.5. The minimum atomic E-state index is -0.659. The molecular formula is C19H26N2O5. The highest BCUT2D eigenvalue weighted by Crippen LogP contribution is 2.31. The van der Waals surface area contributed by atoms with Crippen molar-refractivity contribution in [1.29, 1.82) is 0 Å². The van der Waals surface area contributed by atoms with Crippen LogP contribution in [0.15, 0.2) is 24.3 Å². The fourth-order valence-electron chi connectivity index (χ4n) is 2.98. The van der Waals surface area contributed by atoms with Crippen molar-refractivity contribution in [3.63, 3.8) is 0 Å². The number of carbonyl (C=O) groups excluding carboxylic acids is 2. The summed E-state index contributed by atoms with van der Waals surface area (Å²) in [5, 5.41) is 3.00. The number of hydrogen-bond donors (Lipinski definition) is 1. The highest BCUT2D eigenvalue weighted by Gasteiger charge is 2.31. The molecule has 26 heavy (non-hydrogen) atoms. The summed E-state index contributed by atoms with van der Waals surface area (Å²) >= 11 is 0. The molecule has 2 amide bonds. The number of rotatable bonds is 2. The largest absolute Gasteiger partial charge is 0.485 e. The van der Waals surface area contributed by atoms with Crippen LogP contribution in [0.5, 0.6) is 11.5 Å². The van der Waals surface area contributed by atoms with Crippen LogP contribution in [0.3, 0.4) is 0 Å². The van der Waals surface area contributed by atoms with Gasteiger partial charge in [-0.25, -0.2) is 4.79 Å². The van der Waals surface area contributed by atoms with Crippen LogP contribution in [0.2, 0.25) is 0 Å². The summed E-state index contributed by atoms with van der Waals surface area (Å²) in [6, 6.07) is 7.32. The summed E-state index contributed by atoms with van der Waals surface area (Å²) < 4.78 is 16.7. The van der Waals surface area contributed by atoms with Gasteiger partial charge in [0, 0.05) is 19.1 Å². The fourth-order valence-corrected chi connectivity index (χ4v) is 2.98. The second-order valence-electron chi connectivity index (χ2n) is 7.61. The van der Waals surface area contributed by atoms with E-state index in [1.54, 1.807) is 11.0 Å². The zero-order chi connectivity index (χ0) is 18.7. The Morgan fingerprint density at radius 2 is 1.81 bits per heavy atom. The first-order chi connectivity index (χ1) is 12.3. The first-order valence-corrected chi connectivity index (χ1v) is 8.98. The third-order valence-electron chi connectivity index (χ3n) is 4.29. The molecule has 142 valence electrons. The molecule has 1 N–H and O–H groups in total. The first kappa shape index (κ1) is 18.4. The minimum absolute atomic E-state index is 0.0157. The number of carbonyl (C=O) groups is 2. The van der Waals surface area contributed by atoms with Crippen molar-refractivity contribution in [2.45, 2.75) is 51.4 Å². The van der Waals surface area contributed by atoms with E-state index in [1.165, 1.54) is 0 Å². The summed E-state index contributed by atoms with van der Waals surface area (Å²) in [6.07, 6.45) is 0.418. The smallest absolute Gasteiger partial charge is 0.410 e. The van der Waals surface area contributed by atoms with Gasteiger partial charge < -0.3 is 24.4 Å². The van der Waals surface area contributed by atoms with Gasteiger partial charge in [-0.15, -0.1) is 0 Å².